The first-order valence-corrected chi connectivity index (χ1v) is 11.6. The Kier molecular flexibility index (Phi) is 4.55. The second-order valence-corrected chi connectivity index (χ2v) is 9.42. The standard InChI is InChI=1S/C33H26/c1-33(2)31-22-27(24-12-7-4-8-13-24)20-21-29(31)30-15-9-14-28(32(30)33)26-18-16-25(17-19-26)23-10-5-3-6-11-23/h3-22H,1-2H3. The van der Waals surface area contributed by atoms with Gasteiger partial charge >= 0.3 is 0 Å². The van der Waals surface area contributed by atoms with Crippen LogP contribution in [0.2, 0.25) is 0 Å². The Labute approximate surface area is 196 Å². The summed E-state index contributed by atoms with van der Waals surface area (Å²) in [5.74, 6) is 0. The quantitative estimate of drug-likeness (QED) is 0.272. The third kappa shape index (κ3) is 3.22. The van der Waals surface area contributed by atoms with Gasteiger partial charge in [0.15, 0.2) is 0 Å². The van der Waals surface area contributed by atoms with E-state index in [4.69, 9.17) is 0 Å². The van der Waals surface area contributed by atoms with Gasteiger partial charge in [-0.3, -0.25) is 0 Å². The van der Waals surface area contributed by atoms with Crippen LogP contribution in [0.25, 0.3) is 44.5 Å². The normalized spacial score (nSPS) is 13.4. The fraction of sp³-hybridized carbons (Fsp3) is 0.0909. The Hall–Kier alpha value is -3.90. The van der Waals surface area contributed by atoms with Crippen LogP contribution in [0.3, 0.4) is 0 Å². The highest BCUT2D eigenvalue weighted by Crippen LogP contribution is 2.52. The zero-order chi connectivity index (χ0) is 22.4. The van der Waals surface area contributed by atoms with Gasteiger partial charge in [-0.1, -0.05) is 129 Å². The first-order chi connectivity index (χ1) is 16.1. The minimum absolute atomic E-state index is 0.0653. The SMILES string of the molecule is CC1(C)c2cc(-c3ccccc3)ccc2-c2cccc(-c3ccc(-c4ccccc4)cc3)c21. The average Bonchev–Trinajstić information content (AvgIpc) is 3.12. The molecule has 6 rings (SSSR count). The molecule has 0 saturated heterocycles. The molecule has 0 unspecified atom stereocenters. The van der Waals surface area contributed by atoms with E-state index in [1.165, 1.54) is 55.6 Å². The minimum atomic E-state index is -0.0653. The summed E-state index contributed by atoms with van der Waals surface area (Å²) in [5, 5.41) is 0. The zero-order valence-corrected chi connectivity index (χ0v) is 19.0. The van der Waals surface area contributed by atoms with E-state index in [0.29, 0.717) is 0 Å². The van der Waals surface area contributed by atoms with Gasteiger partial charge in [-0.25, -0.2) is 0 Å². The fourth-order valence-corrected chi connectivity index (χ4v) is 5.40. The Balaban J connectivity index is 1.45. The van der Waals surface area contributed by atoms with E-state index in [0.717, 1.165) is 0 Å². The molecule has 1 aliphatic rings. The highest BCUT2D eigenvalue weighted by Gasteiger charge is 2.37. The zero-order valence-electron chi connectivity index (χ0n) is 19.0. The smallest absolute Gasteiger partial charge is 0.0165 e. The molecule has 1 aliphatic carbocycles. The summed E-state index contributed by atoms with van der Waals surface area (Å²) in [5.41, 5.74) is 13.1. The Morgan fingerprint density at radius 3 is 1.58 bits per heavy atom. The molecule has 5 aromatic rings. The van der Waals surface area contributed by atoms with Crippen molar-refractivity contribution in [3.63, 3.8) is 0 Å². The highest BCUT2D eigenvalue weighted by atomic mass is 14.4. The van der Waals surface area contributed by atoms with Crippen molar-refractivity contribution in [3.8, 4) is 44.5 Å². The van der Waals surface area contributed by atoms with Crippen LogP contribution >= 0.6 is 0 Å². The summed E-state index contributed by atoms with van der Waals surface area (Å²) >= 11 is 0. The van der Waals surface area contributed by atoms with E-state index in [-0.39, 0.29) is 5.41 Å². The van der Waals surface area contributed by atoms with Gasteiger partial charge in [-0.05, 0) is 61.7 Å². The maximum atomic E-state index is 2.40. The van der Waals surface area contributed by atoms with Gasteiger partial charge < -0.3 is 0 Å². The molecule has 0 atom stereocenters. The van der Waals surface area contributed by atoms with Crippen LogP contribution in [0.1, 0.15) is 25.0 Å². The first-order valence-electron chi connectivity index (χ1n) is 11.6. The Bertz CT molecular complexity index is 1440. The number of rotatable bonds is 3. The predicted octanol–water partition coefficient (Wildman–Crippen LogP) is 8.99. The molecule has 0 spiro atoms. The predicted molar refractivity (Wildman–Crippen MR) is 140 cm³/mol. The lowest BCUT2D eigenvalue weighted by molar-refractivity contribution is 0.662. The molecule has 0 amide bonds. The van der Waals surface area contributed by atoms with Crippen molar-refractivity contribution in [3.05, 3.63) is 132 Å². The van der Waals surface area contributed by atoms with Crippen LogP contribution in [-0.4, -0.2) is 0 Å². The molecular weight excluding hydrogens is 396 g/mol. The van der Waals surface area contributed by atoms with Gasteiger partial charge in [0.25, 0.3) is 0 Å². The molecule has 0 aromatic heterocycles. The molecule has 158 valence electrons. The lowest BCUT2D eigenvalue weighted by atomic mass is 9.78. The molecule has 0 saturated carbocycles. The van der Waals surface area contributed by atoms with Crippen LogP contribution in [-0.2, 0) is 5.41 Å². The van der Waals surface area contributed by atoms with Crippen LogP contribution in [0.15, 0.2) is 121 Å². The summed E-state index contributed by atoms with van der Waals surface area (Å²) in [7, 11) is 0. The fourth-order valence-electron chi connectivity index (χ4n) is 5.40. The van der Waals surface area contributed by atoms with Crippen molar-refractivity contribution >= 4 is 0 Å². The third-order valence-electron chi connectivity index (χ3n) is 7.08. The van der Waals surface area contributed by atoms with Gasteiger partial charge in [0.2, 0.25) is 0 Å². The van der Waals surface area contributed by atoms with Crippen LogP contribution in [0.5, 0.6) is 0 Å². The van der Waals surface area contributed by atoms with Crippen molar-refractivity contribution in [2.45, 2.75) is 19.3 Å². The highest BCUT2D eigenvalue weighted by molar-refractivity contribution is 5.89. The van der Waals surface area contributed by atoms with E-state index >= 15 is 0 Å². The monoisotopic (exact) mass is 422 g/mol. The number of hydrogen-bond acceptors (Lipinski definition) is 0. The van der Waals surface area contributed by atoms with Gasteiger partial charge in [-0.15, -0.1) is 0 Å². The Morgan fingerprint density at radius 2 is 0.909 bits per heavy atom. The van der Waals surface area contributed by atoms with E-state index in [1.54, 1.807) is 0 Å². The molecule has 0 bridgehead atoms. The largest absolute Gasteiger partial charge is 0.0622 e. The van der Waals surface area contributed by atoms with Crippen molar-refractivity contribution in [2.75, 3.05) is 0 Å². The van der Waals surface area contributed by atoms with Crippen LogP contribution in [0, 0.1) is 0 Å². The molecule has 33 heavy (non-hydrogen) atoms. The van der Waals surface area contributed by atoms with Crippen molar-refractivity contribution in [2.24, 2.45) is 0 Å². The number of benzene rings is 5. The maximum absolute atomic E-state index is 2.40. The second-order valence-electron chi connectivity index (χ2n) is 9.42. The lowest BCUT2D eigenvalue weighted by Gasteiger charge is -2.25. The number of hydrogen-bond donors (Lipinski definition) is 0. The van der Waals surface area contributed by atoms with Crippen LogP contribution in [0.4, 0.5) is 0 Å². The third-order valence-corrected chi connectivity index (χ3v) is 7.08. The molecule has 0 heteroatoms. The van der Waals surface area contributed by atoms with Gasteiger partial charge in [0.1, 0.15) is 0 Å². The topological polar surface area (TPSA) is 0 Å². The van der Waals surface area contributed by atoms with Gasteiger partial charge in [0, 0.05) is 5.41 Å². The van der Waals surface area contributed by atoms with Crippen molar-refractivity contribution < 1.29 is 0 Å². The summed E-state index contributed by atoms with van der Waals surface area (Å²) < 4.78 is 0. The van der Waals surface area contributed by atoms with E-state index in [1.807, 2.05) is 0 Å². The molecule has 0 heterocycles. The molecule has 0 radical (unpaired) electrons. The molecular formula is C33H26. The number of fused-ring (bicyclic) bond motifs is 3. The van der Waals surface area contributed by atoms with Gasteiger partial charge in [-0.2, -0.15) is 0 Å². The van der Waals surface area contributed by atoms with E-state index < -0.39 is 0 Å². The lowest BCUT2D eigenvalue weighted by Crippen LogP contribution is -2.16. The van der Waals surface area contributed by atoms with Crippen LogP contribution < -0.4 is 0 Å². The minimum Gasteiger partial charge on any atom is -0.0622 e. The molecule has 0 fully saturated rings. The summed E-state index contributed by atoms with van der Waals surface area (Å²) in [4.78, 5) is 0. The summed E-state index contributed by atoms with van der Waals surface area (Å²) in [6.45, 7) is 4.74. The summed E-state index contributed by atoms with van der Waals surface area (Å²) in [6, 6.07) is 44.0. The van der Waals surface area contributed by atoms with Crippen molar-refractivity contribution in [1.82, 2.24) is 0 Å². The first kappa shape index (κ1) is 19.8. The van der Waals surface area contributed by atoms with Crippen molar-refractivity contribution in [1.29, 1.82) is 0 Å². The maximum Gasteiger partial charge on any atom is 0.0165 e. The van der Waals surface area contributed by atoms with E-state index in [2.05, 4.69) is 135 Å². The molecule has 5 aromatic carbocycles. The Morgan fingerprint density at radius 1 is 0.394 bits per heavy atom. The molecule has 0 aliphatic heterocycles. The summed E-state index contributed by atoms with van der Waals surface area (Å²) in [6.07, 6.45) is 0. The average molecular weight is 423 g/mol. The molecule has 0 N–H and O–H groups in total. The second kappa shape index (κ2) is 7.60. The van der Waals surface area contributed by atoms with E-state index in [9.17, 15) is 0 Å². The molecule has 0 nitrogen and oxygen atoms in total. The van der Waals surface area contributed by atoms with Gasteiger partial charge in [0.05, 0.1) is 0 Å².